The number of sulfonamides is 1. The Morgan fingerprint density at radius 3 is 2.46 bits per heavy atom. The molecule has 0 radical (unpaired) electrons. The molecule has 0 saturated heterocycles. The minimum Gasteiger partial charge on any atom is -0.505 e. The molecule has 0 spiro atoms. The summed E-state index contributed by atoms with van der Waals surface area (Å²) in [5, 5.41) is 18.6. The van der Waals surface area contributed by atoms with Crippen LogP contribution in [0.5, 0.6) is 5.75 Å². The zero-order valence-corrected chi connectivity index (χ0v) is 15.5. The van der Waals surface area contributed by atoms with E-state index in [1.807, 2.05) is 4.72 Å². The normalized spacial score (nSPS) is 11.2. The van der Waals surface area contributed by atoms with Crippen LogP contribution in [0.4, 0.5) is 10.1 Å². The minimum atomic E-state index is -4.56. The molecule has 3 rings (SSSR count). The number of carboxylic acids is 1. The third kappa shape index (κ3) is 3.90. The number of rotatable bonds is 5. The molecule has 7 nitrogen and oxygen atoms in total. The van der Waals surface area contributed by atoms with Gasteiger partial charge in [0.15, 0.2) is 11.6 Å². The summed E-state index contributed by atoms with van der Waals surface area (Å²) in [6, 6.07) is 11.5. The molecule has 1 heterocycles. The fourth-order valence-corrected chi connectivity index (χ4v) is 3.86. The van der Waals surface area contributed by atoms with Crippen LogP contribution in [0.1, 0.15) is 10.4 Å². The maximum absolute atomic E-state index is 14.1. The Bertz CT molecular complexity index is 1170. The molecule has 3 N–H and O–H groups in total. The molecule has 0 atom stereocenters. The number of nitrogens with zero attached hydrogens (tertiary/aromatic N) is 1. The van der Waals surface area contributed by atoms with Crippen molar-refractivity contribution in [1.82, 2.24) is 4.98 Å². The van der Waals surface area contributed by atoms with Gasteiger partial charge in [0, 0.05) is 5.56 Å². The SMILES string of the molecule is O=C(O)c1cc(Cl)c(O)c(S(=O)(=O)Nc2cc(-c3ccccc3)ncc2F)c1. The molecular formula is C18H12ClFN2O5S. The molecule has 144 valence electrons. The molecule has 0 bridgehead atoms. The number of aromatic nitrogens is 1. The van der Waals surface area contributed by atoms with Gasteiger partial charge >= 0.3 is 5.97 Å². The van der Waals surface area contributed by atoms with E-state index in [0.29, 0.717) is 11.3 Å². The quantitative estimate of drug-likeness (QED) is 0.576. The van der Waals surface area contributed by atoms with E-state index in [2.05, 4.69) is 4.98 Å². The van der Waals surface area contributed by atoms with Crippen LogP contribution >= 0.6 is 11.6 Å². The lowest BCUT2D eigenvalue weighted by atomic mass is 10.1. The standard InChI is InChI=1S/C18H12ClFN2O5S/c19-12-6-11(18(24)25)7-16(17(12)23)28(26,27)22-15-8-14(21-9-13(15)20)10-4-2-1-3-5-10/h1-9,23H,(H,21,22)(H,24,25). The summed E-state index contributed by atoms with van der Waals surface area (Å²) < 4.78 is 41.4. The zero-order valence-electron chi connectivity index (χ0n) is 13.9. The van der Waals surface area contributed by atoms with Gasteiger partial charge in [-0.25, -0.2) is 17.6 Å². The van der Waals surface area contributed by atoms with Crippen molar-refractivity contribution >= 4 is 33.3 Å². The second-order valence-corrected chi connectivity index (χ2v) is 7.69. The zero-order chi connectivity index (χ0) is 20.5. The van der Waals surface area contributed by atoms with Gasteiger partial charge in [-0.1, -0.05) is 41.9 Å². The summed E-state index contributed by atoms with van der Waals surface area (Å²) in [7, 11) is -4.56. The number of halogens is 2. The number of hydrogen-bond acceptors (Lipinski definition) is 5. The highest BCUT2D eigenvalue weighted by Crippen LogP contribution is 2.34. The molecule has 0 unspecified atom stereocenters. The average Bonchev–Trinajstić information content (AvgIpc) is 2.65. The first-order chi connectivity index (χ1) is 13.2. The smallest absolute Gasteiger partial charge is 0.335 e. The van der Waals surface area contributed by atoms with E-state index in [1.54, 1.807) is 30.3 Å². The molecule has 0 aliphatic rings. The summed E-state index contributed by atoms with van der Waals surface area (Å²) in [6.45, 7) is 0. The Hall–Kier alpha value is -3.17. The number of pyridine rings is 1. The Morgan fingerprint density at radius 2 is 1.82 bits per heavy atom. The molecule has 0 aliphatic carbocycles. The lowest BCUT2D eigenvalue weighted by molar-refractivity contribution is 0.0696. The maximum Gasteiger partial charge on any atom is 0.335 e. The maximum atomic E-state index is 14.1. The number of aromatic carboxylic acids is 1. The van der Waals surface area contributed by atoms with Crippen molar-refractivity contribution in [3.63, 3.8) is 0 Å². The predicted molar refractivity (Wildman–Crippen MR) is 101 cm³/mol. The fourth-order valence-electron chi connectivity index (χ4n) is 2.39. The van der Waals surface area contributed by atoms with Crippen LogP contribution in [0.25, 0.3) is 11.3 Å². The van der Waals surface area contributed by atoms with Gasteiger partial charge in [0.25, 0.3) is 10.0 Å². The van der Waals surface area contributed by atoms with E-state index in [1.165, 1.54) is 6.07 Å². The van der Waals surface area contributed by atoms with Crippen molar-refractivity contribution in [2.24, 2.45) is 0 Å². The van der Waals surface area contributed by atoms with Gasteiger partial charge in [0.05, 0.1) is 28.2 Å². The summed E-state index contributed by atoms with van der Waals surface area (Å²) in [4.78, 5) is 14.3. The van der Waals surface area contributed by atoms with Crippen molar-refractivity contribution in [3.8, 4) is 17.0 Å². The third-order valence-electron chi connectivity index (χ3n) is 3.73. The van der Waals surface area contributed by atoms with Crippen LogP contribution in [0, 0.1) is 5.82 Å². The minimum absolute atomic E-state index is 0.307. The van der Waals surface area contributed by atoms with Crippen LogP contribution in [0.3, 0.4) is 0 Å². The monoisotopic (exact) mass is 422 g/mol. The van der Waals surface area contributed by atoms with Gasteiger partial charge in [0.2, 0.25) is 0 Å². The molecule has 0 fully saturated rings. The van der Waals surface area contributed by atoms with Gasteiger partial charge < -0.3 is 10.2 Å². The Balaban J connectivity index is 2.05. The number of phenolic OH excluding ortho intramolecular Hbond substituents is 1. The first-order valence-corrected chi connectivity index (χ1v) is 9.55. The van der Waals surface area contributed by atoms with Crippen LogP contribution < -0.4 is 4.72 Å². The molecular weight excluding hydrogens is 411 g/mol. The summed E-state index contributed by atoms with van der Waals surface area (Å²) in [5.41, 5.74) is 0.0522. The van der Waals surface area contributed by atoms with E-state index < -0.39 is 48.7 Å². The summed E-state index contributed by atoms with van der Waals surface area (Å²) >= 11 is 5.72. The van der Waals surface area contributed by atoms with Gasteiger partial charge in [0.1, 0.15) is 4.90 Å². The van der Waals surface area contributed by atoms with E-state index in [9.17, 15) is 22.7 Å². The highest BCUT2D eigenvalue weighted by molar-refractivity contribution is 7.92. The molecule has 0 aliphatic heterocycles. The Labute approximate surface area is 164 Å². The number of aromatic hydroxyl groups is 1. The lowest BCUT2D eigenvalue weighted by Gasteiger charge is -2.13. The molecule has 1 aromatic heterocycles. The lowest BCUT2D eigenvalue weighted by Crippen LogP contribution is -2.15. The average molecular weight is 423 g/mol. The Kier molecular flexibility index (Phi) is 5.21. The van der Waals surface area contributed by atoms with E-state index in [-0.39, 0.29) is 0 Å². The molecule has 2 aromatic carbocycles. The van der Waals surface area contributed by atoms with Crippen LogP contribution in [-0.4, -0.2) is 29.6 Å². The number of anilines is 1. The van der Waals surface area contributed by atoms with Gasteiger partial charge in [-0.2, -0.15) is 0 Å². The first kappa shape index (κ1) is 19.6. The van der Waals surface area contributed by atoms with Crippen molar-refractivity contribution in [2.75, 3.05) is 4.72 Å². The molecule has 0 amide bonds. The molecule has 0 saturated carbocycles. The second kappa shape index (κ2) is 7.45. The van der Waals surface area contributed by atoms with E-state index >= 15 is 0 Å². The Morgan fingerprint density at radius 1 is 1.14 bits per heavy atom. The van der Waals surface area contributed by atoms with Gasteiger partial charge in [-0.3, -0.25) is 9.71 Å². The van der Waals surface area contributed by atoms with Crippen molar-refractivity contribution in [3.05, 3.63) is 71.1 Å². The number of phenols is 1. The molecule has 10 heteroatoms. The van der Waals surface area contributed by atoms with E-state index in [0.717, 1.165) is 18.3 Å². The third-order valence-corrected chi connectivity index (χ3v) is 5.40. The van der Waals surface area contributed by atoms with Crippen LogP contribution in [-0.2, 0) is 10.0 Å². The summed E-state index contributed by atoms with van der Waals surface area (Å²) in [6.07, 6.45) is 0.848. The highest BCUT2D eigenvalue weighted by Gasteiger charge is 2.25. The number of carbonyl (C=O) groups is 1. The van der Waals surface area contributed by atoms with Gasteiger partial charge in [-0.15, -0.1) is 0 Å². The topological polar surface area (TPSA) is 117 Å². The molecule has 28 heavy (non-hydrogen) atoms. The van der Waals surface area contributed by atoms with Crippen LogP contribution in [0.2, 0.25) is 5.02 Å². The van der Waals surface area contributed by atoms with Crippen molar-refractivity contribution < 1.29 is 27.8 Å². The van der Waals surface area contributed by atoms with E-state index in [4.69, 9.17) is 16.7 Å². The highest BCUT2D eigenvalue weighted by atomic mass is 35.5. The second-order valence-electron chi connectivity index (χ2n) is 5.63. The number of benzene rings is 2. The van der Waals surface area contributed by atoms with Crippen molar-refractivity contribution in [2.45, 2.75) is 4.90 Å². The fraction of sp³-hybridized carbons (Fsp3) is 0. The predicted octanol–water partition coefficient (Wildman–Crippen LogP) is 3.75. The summed E-state index contributed by atoms with van der Waals surface area (Å²) in [5.74, 6) is -3.25. The number of carboxylic acid groups (broad SMARTS) is 1. The van der Waals surface area contributed by atoms with Crippen molar-refractivity contribution in [1.29, 1.82) is 0 Å². The molecule has 3 aromatic rings. The number of hydrogen-bond donors (Lipinski definition) is 3. The first-order valence-electron chi connectivity index (χ1n) is 7.68. The largest absolute Gasteiger partial charge is 0.505 e. The van der Waals surface area contributed by atoms with Gasteiger partial charge in [-0.05, 0) is 18.2 Å². The van der Waals surface area contributed by atoms with Crippen LogP contribution in [0.15, 0.2) is 59.6 Å². The number of nitrogens with one attached hydrogen (secondary N) is 1.